The van der Waals surface area contributed by atoms with E-state index >= 15 is 0 Å². The lowest BCUT2D eigenvalue weighted by molar-refractivity contribution is -0.135. The number of ketones is 1. The van der Waals surface area contributed by atoms with Gasteiger partial charge in [0.1, 0.15) is 0 Å². The molecule has 16 heavy (non-hydrogen) atoms. The summed E-state index contributed by atoms with van der Waals surface area (Å²) in [7, 11) is 0. The van der Waals surface area contributed by atoms with E-state index in [4.69, 9.17) is 23.2 Å². The van der Waals surface area contributed by atoms with Crippen molar-refractivity contribution in [1.82, 2.24) is 0 Å². The highest BCUT2D eigenvalue weighted by Crippen LogP contribution is 2.60. The molecule has 2 rings (SSSR count). The third-order valence-electron chi connectivity index (χ3n) is 4.22. The molecule has 0 saturated heterocycles. The van der Waals surface area contributed by atoms with E-state index < -0.39 is 4.33 Å². The van der Waals surface area contributed by atoms with Crippen LogP contribution in [0.3, 0.4) is 0 Å². The van der Waals surface area contributed by atoms with Gasteiger partial charge in [-0.05, 0) is 38.0 Å². The first kappa shape index (κ1) is 12.7. The lowest BCUT2D eigenvalue weighted by atomic mass is 9.69. The lowest BCUT2D eigenvalue weighted by Gasteiger charge is -2.44. The summed E-state index contributed by atoms with van der Waals surface area (Å²) in [5, 5.41) is 9.54. The van der Waals surface area contributed by atoms with Crippen LogP contribution in [0.15, 0.2) is 0 Å². The highest BCUT2D eigenvalue weighted by molar-refractivity contribution is 6.60. The van der Waals surface area contributed by atoms with E-state index in [1.807, 2.05) is 6.92 Å². The Bertz CT molecular complexity index is 291. The van der Waals surface area contributed by atoms with Crippen molar-refractivity contribution in [2.75, 3.05) is 0 Å². The average molecular weight is 265 g/mol. The quantitative estimate of drug-likeness (QED) is 0.793. The summed E-state index contributed by atoms with van der Waals surface area (Å²) in [5.41, 5.74) is 0. The Morgan fingerprint density at radius 1 is 1.50 bits per heavy atom. The maximum Gasteiger partial charge on any atom is 0.179 e. The van der Waals surface area contributed by atoms with Crippen molar-refractivity contribution >= 4 is 29.0 Å². The maximum atomic E-state index is 11.6. The van der Waals surface area contributed by atoms with Gasteiger partial charge in [0.15, 0.2) is 10.1 Å². The normalized spacial score (nSPS) is 38.0. The molecule has 2 aliphatic carbocycles. The van der Waals surface area contributed by atoms with Crippen LogP contribution in [0, 0.1) is 17.8 Å². The number of Topliss-reactive ketones (excluding diaryl/α,β-unsaturated/α-hetero) is 1. The van der Waals surface area contributed by atoms with Crippen molar-refractivity contribution in [3.63, 3.8) is 0 Å². The van der Waals surface area contributed by atoms with Crippen molar-refractivity contribution in [2.24, 2.45) is 17.8 Å². The highest BCUT2D eigenvalue weighted by Gasteiger charge is 2.64. The van der Waals surface area contributed by atoms with Gasteiger partial charge < -0.3 is 5.11 Å². The van der Waals surface area contributed by atoms with Crippen molar-refractivity contribution in [3.8, 4) is 0 Å². The maximum absolute atomic E-state index is 11.6. The molecule has 2 nitrogen and oxygen atoms in total. The van der Waals surface area contributed by atoms with E-state index in [9.17, 15) is 9.90 Å². The van der Waals surface area contributed by atoms with Crippen molar-refractivity contribution < 1.29 is 9.90 Å². The van der Waals surface area contributed by atoms with Crippen molar-refractivity contribution in [1.29, 1.82) is 0 Å². The predicted octanol–water partition coefficient (Wildman–Crippen LogP) is 2.94. The van der Waals surface area contributed by atoms with Crippen LogP contribution in [-0.4, -0.2) is 21.3 Å². The third-order valence-corrected chi connectivity index (χ3v) is 5.09. The summed E-state index contributed by atoms with van der Waals surface area (Å²) in [4.78, 5) is 11.6. The molecule has 0 aliphatic heterocycles. The third kappa shape index (κ3) is 1.89. The number of rotatable bonds is 4. The highest BCUT2D eigenvalue weighted by atomic mass is 35.5. The molecule has 0 heterocycles. The molecule has 4 heteroatoms. The van der Waals surface area contributed by atoms with Crippen LogP contribution in [0.5, 0.6) is 0 Å². The zero-order chi connectivity index (χ0) is 11.9. The number of aliphatic hydroxyl groups is 1. The first-order valence-electron chi connectivity index (χ1n) is 6.08. The number of halogens is 2. The van der Waals surface area contributed by atoms with E-state index in [1.54, 1.807) is 0 Å². The molecule has 2 saturated carbocycles. The molecule has 4 atom stereocenters. The minimum absolute atomic E-state index is 0.0133. The van der Waals surface area contributed by atoms with Crippen LogP contribution in [0.25, 0.3) is 0 Å². The minimum Gasteiger partial charge on any atom is -0.393 e. The molecule has 4 unspecified atom stereocenters. The van der Waals surface area contributed by atoms with Gasteiger partial charge >= 0.3 is 0 Å². The van der Waals surface area contributed by atoms with Crippen LogP contribution in [0.1, 0.15) is 39.0 Å². The zero-order valence-electron chi connectivity index (χ0n) is 9.46. The first-order chi connectivity index (χ1) is 7.48. The summed E-state index contributed by atoms with van der Waals surface area (Å²) in [6, 6.07) is 0. The Hall–Kier alpha value is 0.210. The Kier molecular flexibility index (Phi) is 3.54. The standard InChI is InChI=1S/C12H18Cl2O2/c1-2-8(15)5-3-7-4-6-9-10(7)12(13,14)11(9)16/h7-10,15H,2-6H2,1H3. The molecule has 0 aromatic heterocycles. The second-order valence-corrected chi connectivity index (χ2v) is 6.48. The smallest absolute Gasteiger partial charge is 0.179 e. The Labute approximate surface area is 106 Å². The Balaban J connectivity index is 1.91. The fourth-order valence-corrected chi connectivity index (χ4v) is 4.11. The van der Waals surface area contributed by atoms with Gasteiger partial charge in [0.25, 0.3) is 0 Å². The monoisotopic (exact) mass is 264 g/mol. The van der Waals surface area contributed by atoms with E-state index in [2.05, 4.69) is 0 Å². The molecule has 0 aromatic rings. The number of hydrogen-bond donors (Lipinski definition) is 1. The first-order valence-corrected chi connectivity index (χ1v) is 6.84. The van der Waals surface area contributed by atoms with Gasteiger partial charge in [-0.2, -0.15) is 0 Å². The van der Waals surface area contributed by atoms with Crippen LogP contribution >= 0.6 is 23.2 Å². The molecule has 2 aliphatic rings. The fourth-order valence-electron chi connectivity index (χ4n) is 3.17. The summed E-state index contributed by atoms with van der Waals surface area (Å²) < 4.78 is -1.14. The summed E-state index contributed by atoms with van der Waals surface area (Å²) in [6.07, 6.45) is 4.24. The van der Waals surface area contributed by atoms with Gasteiger partial charge in [-0.15, -0.1) is 0 Å². The summed E-state index contributed by atoms with van der Waals surface area (Å²) in [6.45, 7) is 1.97. The fraction of sp³-hybridized carbons (Fsp3) is 0.917. The SMILES string of the molecule is CCC(O)CCC1CCC2C(=O)C(Cl)(Cl)C12. The second-order valence-electron chi connectivity index (χ2n) is 5.10. The molecule has 92 valence electrons. The lowest BCUT2D eigenvalue weighted by Crippen LogP contribution is -2.55. The van der Waals surface area contributed by atoms with Gasteiger partial charge in [0, 0.05) is 11.8 Å². The summed E-state index contributed by atoms with van der Waals surface area (Å²) >= 11 is 12.1. The van der Waals surface area contributed by atoms with Crippen molar-refractivity contribution in [3.05, 3.63) is 0 Å². The largest absolute Gasteiger partial charge is 0.393 e. The second kappa shape index (κ2) is 4.47. The molecule has 0 bridgehead atoms. The number of carbonyl (C=O) groups is 1. The van der Waals surface area contributed by atoms with Gasteiger partial charge in [0.05, 0.1) is 6.10 Å². The van der Waals surface area contributed by atoms with Crippen LogP contribution in [0.4, 0.5) is 0 Å². The van der Waals surface area contributed by atoms with Crippen LogP contribution in [-0.2, 0) is 4.79 Å². The molecule has 0 radical (unpaired) electrons. The molecule has 1 N–H and O–H groups in total. The van der Waals surface area contributed by atoms with E-state index in [0.717, 1.165) is 32.1 Å². The van der Waals surface area contributed by atoms with Gasteiger partial charge in [0.2, 0.25) is 0 Å². The summed E-state index contributed by atoms with van der Waals surface area (Å²) in [5.74, 6) is 0.657. The molecular formula is C12H18Cl2O2. The van der Waals surface area contributed by atoms with Gasteiger partial charge in [-0.25, -0.2) is 0 Å². The minimum atomic E-state index is -1.14. The molecular weight excluding hydrogens is 247 g/mol. The number of carbonyl (C=O) groups excluding carboxylic acids is 1. The zero-order valence-corrected chi connectivity index (χ0v) is 11.0. The molecule has 0 spiro atoms. The predicted molar refractivity (Wildman–Crippen MR) is 64.7 cm³/mol. The molecule has 0 amide bonds. The van der Waals surface area contributed by atoms with Crippen molar-refractivity contribution in [2.45, 2.75) is 49.5 Å². The number of aliphatic hydroxyl groups excluding tert-OH is 1. The van der Waals surface area contributed by atoms with Crippen LogP contribution < -0.4 is 0 Å². The van der Waals surface area contributed by atoms with E-state index in [1.165, 1.54) is 0 Å². The number of hydrogen-bond acceptors (Lipinski definition) is 2. The average Bonchev–Trinajstić information content (AvgIpc) is 2.67. The van der Waals surface area contributed by atoms with E-state index in [0.29, 0.717) is 5.92 Å². The Morgan fingerprint density at radius 2 is 2.19 bits per heavy atom. The van der Waals surface area contributed by atoms with Gasteiger partial charge in [-0.3, -0.25) is 4.79 Å². The van der Waals surface area contributed by atoms with E-state index in [-0.39, 0.29) is 23.7 Å². The molecule has 0 aromatic carbocycles. The number of fused-ring (bicyclic) bond motifs is 1. The van der Waals surface area contributed by atoms with Crippen LogP contribution in [0.2, 0.25) is 0 Å². The van der Waals surface area contributed by atoms with Gasteiger partial charge in [-0.1, -0.05) is 30.1 Å². The number of alkyl halides is 2. The molecule has 2 fully saturated rings. The topological polar surface area (TPSA) is 37.3 Å². The Morgan fingerprint density at radius 3 is 2.81 bits per heavy atom.